The van der Waals surface area contributed by atoms with Crippen LogP contribution in [0.15, 0.2) is 39.5 Å². The Kier molecular flexibility index (Phi) is 2.38. The summed E-state index contributed by atoms with van der Waals surface area (Å²) in [6.45, 7) is 0.632. The average Bonchev–Trinajstić information content (AvgIpc) is 3.00. The fourth-order valence-corrected chi connectivity index (χ4v) is 2.11. The summed E-state index contributed by atoms with van der Waals surface area (Å²) in [5.41, 5.74) is 1.71. The molecule has 3 aromatic rings. The van der Waals surface area contributed by atoms with Gasteiger partial charge < -0.3 is 14.3 Å². The highest BCUT2D eigenvalue weighted by molar-refractivity contribution is 5.91. The molecule has 0 aliphatic heterocycles. The lowest BCUT2D eigenvalue weighted by molar-refractivity contribution is 0.367. The van der Waals surface area contributed by atoms with Crippen molar-refractivity contribution in [2.75, 3.05) is 0 Å². The van der Waals surface area contributed by atoms with Crippen molar-refractivity contribution in [2.45, 2.75) is 25.4 Å². The lowest BCUT2D eigenvalue weighted by atomic mass is 10.2. The van der Waals surface area contributed by atoms with Crippen LogP contribution in [0, 0.1) is 0 Å². The molecule has 0 atom stereocenters. The number of para-hydroxylation sites is 1. The van der Waals surface area contributed by atoms with E-state index in [1.54, 1.807) is 6.26 Å². The van der Waals surface area contributed by atoms with Gasteiger partial charge in [0.15, 0.2) is 0 Å². The van der Waals surface area contributed by atoms with Crippen molar-refractivity contribution in [3.63, 3.8) is 0 Å². The number of rotatable bonds is 4. The molecule has 0 bridgehead atoms. The molecule has 4 rings (SSSR count). The number of hydrogen-bond acceptors (Lipinski definition) is 5. The van der Waals surface area contributed by atoms with Gasteiger partial charge >= 0.3 is 0 Å². The molecule has 0 spiro atoms. The van der Waals surface area contributed by atoms with Crippen LogP contribution in [0.4, 0.5) is 0 Å². The first-order valence-electron chi connectivity index (χ1n) is 6.43. The first kappa shape index (κ1) is 10.8. The molecule has 19 heavy (non-hydrogen) atoms. The van der Waals surface area contributed by atoms with Gasteiger partial charge in [0.25, 0.3) is 0 Å². The standard InChI is InChI=1S/C14H13N3O2/c1-2-4-12-10(3-1)11(8-18-12)14-16-13(19-17-14)7-15-9-5-6-9/h1-4,8-9,15H,5-7H2. The summed E-state index contributed by atoms with van der Waals surface area (Å²) < 4.78 is 10.7. The topological polar surface area (TPSA) is 64.1 Å². The van der Waals surface area contributed by atoms with E-state index in [0.717, 1.165) is 16.5 Å². The van der Waals surface area contributed by atoms with Gasteiger partial charge in [-0.2, -0.15) is 4.98 Å². The molecule has 0 unspecified atom stereocenters. The maximum atomic E-state index is 5.48. The van der Waals surface area contributed by atoms with E-state index >= 15 is 0 Å². The lowest BCUT2D eigenvalue weighted by Gasteiger charge is -1.94. The van der Waals surface area contributed by atoms with Gasteiger partial charge in [-0.25, -0.2) is 0 Å². The molecule has 96 valence electrons. The minimum absolute atomic E-state index is 0.581. The number of nitrogens with one attached hydrogen (secondary N) is 1. The molecule has 0 amide bonds. The van der Waals surface area contributed by atoms with Crippen LogP contribution < -0.4 is 5.32 Å². The van der Waals surface area contributed by atoms with Crippen molar-refractivity contribution in [1.82, 2.24) is 15.5 Å². The Morgan fingerprint density at radius 1 is 1.26 bits per heavy atom. The molecule has 1 fully saturated rings. The van der Waals surface area contributed by atoms with E-state index in [4.69, 9.17) is 8.94 Å². The predicted molar refractivity (Wildman–Crippen MR) is 69.4 cm³/mol. The summed E-state index contributed by atoms with van der Waals surface area (Å²) in [4.78, 5) is 4.40. The van der Waals surface area contributed by atoms with Crippen molar-refractivity contribution in [3.05, 3.63) is 36.4 Å². The van der Waals surface area contributed by atoms with Crippen LogP contribution in [-0.4, -0.2) is 16.2 Å². The highest BCUT2D eigenvalue weighted by Gasteiger charge is 2.21. The molecule has 1 aromatic carbocycles. The van der Waals surface area contributed by atoms with E-state index in [9.17, 15) is 0 Å². The molecule has 1 N–H and O–H groups in total. The maximum Gasteiger partial charge on any atom is 0.240 e. The van der Waals surface area contributed by atoms with Gasteiger partial charge in [-0.05, 0) is 18.9 Å². The summed E-state index contributed by atoms with van der Waals surface area (Å²) in [7, 11) is 0. The van der Waals surface area contributed by atoms with Gasteiger partial charge in [0, 0.05) is 11.4 Å². The largest absolute Gasteiger partial charge is 0.464 e. The van der Waals surface area contributed by atoms with E-state index < -0.39 is 0 Å². The molecule has 1 aliphatic carbocycles. The zero-order valence-corrected chi connectivity index (χ0v) is 10.3. The molecule has 0 saturated heterocycles. The van der Waals surface area contributed by atoms with E-state index in [2.05, 4.69) is 15.5 Å². The van der Waals surface area contributed by atoms with E-state index in [1.165, 1.54) is 12.8 Å². The van der Waals surface area contributed by atoms with Crippen molar-refractivity contribution in [2.24, 2.45) is 0 Å². The van der Waals surface area contributed by atoms with Gasteiger partial charge in [0.1, 0.15) is 11.8 Å². The van der Waals surface area contributed by atoms with Gasteiger partial charge in [-0.15, -0.1) is 0 Å². The summed E-state index contributed by atoms with van der Waals surface area (Å²) in [5, 5.41) is 8.37. The lowest BCUT2D eigenvalue weighted by Crippen LogP contribution is -2.15. The van der Waals surface area contributed by atoms with E-state index in [1.807, 2.05) is 24.3 Å². The van der Waals surface area contributed by atoms with Crippen molar-refractivity contribution in [3.8, 4) is 11.4 Å². The molecule has 1 saturated carbocycles. The number of hydrogen-bond donors (Lipinski definition) is 1. The number of aromatic nitrogens is 2. The third-order valence-corrected chi connectivity index (χ3v) is 3.31. The fraction of sp³-hybridized carbons (Fsp3) is 0.286. The Labute approximate surface area is 109 Å². The molecule has 2 aromatic heterocycles. The van der Waals surface area contributed by atoms with Crippen molar-refractivity contribution < 1.29 is 8.94 Å². The summed E-state index contributed by atoms with van der Waals surface area (Å²) in [6, 6.07) is 8.46. The van der Waals surface area contributed by atoms with Crippen LogP contribution in [0.25, 0.3) is 22.4 Å². The quantitative estimate of drug-likeness (QED) is 0.776. The van der Waals surface area contributed by atoms with E-state index in [-0.39, 0.29) is 0 Å². The van der Waals surface area contributed by atoms with Crippen molar-refractivity contribution >= 4 is 11.0 Å². The maximum absolute atomic E-state index is 5.48. The third-order valence-electron chi connectivity index (χ3n) is 3.31. The smallest absolute Gasteiger partial charge is 0.240 e. The molecule has 2 heterocycles. The Hall–Kier alpha value is -2.14. The minimum Gasteiger partial charge on any atom is -0.464 e. The Morgan fingerprint density at radius 2 is 2.16 bits per heavy atom. The first-order chi connectivity index (χ1) is 9.40. The normalized spacial score (nSPS) is 15.2. The highest BCUT2D eigenvalue weighted by Crippen LogP contribution is 2.28. The monoisotopic (exact) mass is 255 g/mol. The number of benzene rings is 1. The minimum atomic E-state index is 0.581. The van der Waals surface area contributed by atoms with Gasteiger partial charge in [0.2, 0.25) is 11.7 Å². The zero-order valence-electron chi connectivity index (χ0n) is 10.3. The molecule has 1 aliphatic rings. The molecule has 5 nitrogen and oxygen atoms in total. The Bertz CT molecular complexity index is 712. The van der Waals surface area contributed by atoms with Crippen LogP contribution >= 0.6 is 0 Å². The van der Waals surface area contributed by atoms with Gasteiger partial charge in [-0.3, -0.25) is 0 Å². The molecule has 5 heteroatoms. The fourth-order valence-electron chi connectivity index (χ4n) is 2.11. The zero-order chi connectivity index (χ0) is 12.7. The predicted octanol–water partition coefficient (Wildman–Crippen LogP) is 2.73. The molecular formula is C14H13N3O2. The number of fused-ring (bicyclic) bond motifs is 1. The van der Waals surface area contributed by atoms with E-state index in [0.29, 0.717) is 24.3 Å². The average molecular weight is 255 g/mol. The highest BCUT2D eigenvalue weighted by atomic mass is 16.5. The summed E-state index contributed by atoms with van der Waals surface area (Å²) in [6.07, 6.45) is 4.16. The number of nitrogens with zero attached hydrogens (tertiary/aromatic N) is 2. The SMILES string of the molecule is c1ccc2c(-c3noc(CNC4CC4)n3)coc2c1. The van der Waals surface area contributed by atoms with Gasteiger partial charge in [0.05, 0.1) is 12.1 Å². The summed E-state index contributed by atoms with van der Waals surface area (Å²) in [5.74, 6) is 1.20. The number of furan rings is 1. The summed E-state index contributed by atoms with van der Waals surface area (Å²) >= 11 is 0. The molecular weight excluding hydrogens is 242 g/mol. The van der Waals surface area contributed by atoms with Crippen LogP contribution in [0.1, 0.15) is 18.7 Å². The second kappa shape index (κ2) is 4.20. The van der Waals surface area contributed by atoms with Crippen LogP contribution in [0.5, 0.6) is 0 Å². The second-order valence-corrected chi connectivity index (χ2v) is 4.81. The van der Waals surface area contributed by atoms with Crippen molar-refractivity contribution in [1.29, 1.82) is 0 Å². The van der Waals surface area contributed by atoms with Gasteiger partial charge in [-0.1, -0.05) is 23.4 Å². The Balaban J connectivity index is 1.64. The molecule has 0 radical (unpaired) electrons. The second-order valence-electron chi connectivity index (χ2n) is 4.81. The van der Waals surface area contributed by atoms with Crippen LogP contribution in [-0.2, 0) is 6.54 Å². The van der Waals surface area contributed by atoms with Crippen LogP contribution in [0.3, 0.4) is 0 Å². The third kappa shape index (κ3) is 2.02. The first-order valence-corrected chi connectivity index (χ1v) is 6.43. The van der Waals surface area contributed by atoms with Crippen LogP contribution in [0.2, 0.25) is 0 Å². The Morgan fingerprint density at radius 3 is 3.05 bits per heavy atom.